The maximum Gasteiger partial charge on any atom is 0.142 e. The van der Waals surface area contributed by atoms with Gasteiger partial charge in [-0.1, -0.05) is 6.92 Å². The van der Waals surface area contributed by atoms with E-state index in [0.29, 0.717) is 5.92 Å². The minimum atomic E-state index is -0.141. The molecule has 0 spiro atoms. The molecule has 2 atom stereocenters. The highest BCUT2D eigenvalue weighted by atomic mass is 16.3. The molecule has 0 amide bonds. The molecular weight excluding hydrogens is 190 g/mol. The first-order valence-corrected chi connectivity index (χ1v) is 5.42. The quantitative estimate of drug-likeness (QED) is 0.774. The van der Waals surface area contributed by atoms with Crippen LogP contribution in [0.3, 0.4) is 0 Å². The number of nitrogens with zero attached hydrogens (tertiary/aromatic N) is 3. The molecule has 0 aliphatic carbocycles. The molecule has 4 heteroatoms. The standard InChI is InChI=1S/C11H17N3O/c1-9-7-14(6-3-10(9)15)8-11-12-4-2-5-13-11/h2,4-5,9-10,15H,3,6-8H2,1H3. The second kappa shape index (κ2) is 4.68. The van der Waals surface area contributed by atoms with E-state index in [1.807, 2.05) is 6.07 Å². The highest BCUT2D eigenvalue weighted by molar-refractivity contribution is 4.89. The van der Waals surface area contributed by atoms with Crippen LogP contribution in [-0.4, -0.2) is 39.2 Å². The number of aliphatic hydroxyl groups is 1. The molecule has 0 bridgehead atoms. The van der Waals surface area contributed by atoms with E-state index in [0.717, 1.165) is 31.9 Å². The Balaban J connectivity index is 1.91. The van der Waals surface area contributed by atoms with Crippen molar-refractivity contribution in [2.24, 2.45) is 5.92 Å². The normalized spacial score (nSPS) is 27.9. The monoisotopic (exact) mass is 207 g/mol. The lowest BCUT2D eigenvalue weighted by atomic mass is 9.97. The molecule has 1 saturated heterocycles. The van der Waals surface area contributed by atoms with Gasteiger partial charge in [-0.3, -0.25) is 4.90 Å². The maximum absolute atomic E-state index is 9.60. The van der Waals surface area contributed by atoms with E-state index in [1.165, 1.54) is 0 Å². The molecular formula is C11H17N3O. The number of piperidine rings is 1. The van der Waals surface area contributed by atoms with Crippen LogP contribution in [0.1, 0.15) is 19.2 Å². The summed E-state index contributed by atoms with van der Waals surface area (Å²) in [6, 6.07) is 1.83. The summed E-state index contributed by atoms with van der Waals surface area (Å²) in [5, 5.41) is 9.60. The molecule has 1 fully saturated rings. The maximum atomic E-state index is 9.60. The Morgan fingerprint density at radius 2 is 2.20 bits per heavy atom. The largest absolute Gasteiger partial charge is 0.393 e. The topological polar surface area (TPSA) is 49.2 Å². The van der Waals surface area contributed by atoms with Gasteiger partial charge in [0, 0.05) is 25.5 Å². The van der Waals surface area contributed by atoms with Crippen molar-refractivity contribution < 1.29 is 5.11 Å². The van der Waals surface area contributed by atoms with Gasteiger partial charge in [0.25, 0.3) is 0 Å². The molecule has 0 saturated carbocycles. The minimum absolute atomic E-state index is 0.141. The molecule has 2 heterocycles. The number of hydrogen-bond donors (Lipinski definition) is 1. The van der Waals surface area contributed by atoms with Crippen LogP contribution >= 0.6 is 0 Å². The summed E-state index contributed by atoms with van der Waals surface area (Å²) in [5.74, 6) is 1.21. The van der Waals surface area contributed by atoms with Gasteiger partial charge in [0.15, 0.2) is 0 Å². The first-order chi connectivity index (χ1) is 7.25. The van der Waals surface area contributed by atoms with Gasteiger partial charge in [-0.2, -0.15) is 0 Å². The van der Waals surface area contributed by atoms with Crippen molar-refractivity contribution in [3.05, 3.63) is 24.3 Å². The zero-order valence-corrected chi connectivity index (χ0v) is 9.00. The Bertz CT molecular complexity index is 304. The first-order valence-electron chi connectivity index (χ1n) is 5.42. The second-order valence-electron chi connectivity index (χ2n) is 4.23. The van der Waals surface area contributed by atoms with Crippen LogP contribution in [0.25, 0.3) is 0 Å². The van der Waals surface area contributed by atoms with Crippen molar-refractivity contribution in [3.8, 4) is 0 Å². The summed E-state index contributed by atoms with van der Waals surface area (Å²) in [5.41, 5.74) is 0. The Kier molecular flexibility index (Phi) is 3.28. The van der Waals surface area contributed by atoms with Crippen LogP contribution in [0, 0.1) is 5.92 Å². The van der Waals surface area contributed by atoms with E-state index >= 15 is 0 Å². The van der Waals surface area contributed by atoms with Gasteiger partial charge in [0.1, 0.15) is 5.82 Å². The highest BCUT2D eigenvalue weighted by Gasteiger charge is 2.24. The average Bonchev–Trinajstić information content (AvgIpc) is 2.25. The van der Waals surface area contributed by atoms with Gasteiger partial charge in [-0.15, -0.1) is 0 Å². The van der Waals surface area contributed by atoms with Crippen molar-refractivity contribution in [1.29, 1.82) is 0 Å². The van der Waals surface area contributed by atoms with Crippen molar-refractivity contribution in [3.63, 3.8) is 0 Å². The van der Waals surface area contributed by atoms with Crippen molar-refractivity contribution in [2.75, 3.05) is 13.1 Å². The van der Waals surface area contributed by atoms with Gasteiger partial charge in [0.2, 0.25) is 0 Å². The molecule has 1 N–H and O–H groups in total. The Morgan fingerprint density at radius 3 is 2.87 bits per heavy atom. The lowest BCUT2D eigenvalue weighted by Gasteiger charge is -2.33. The van der Waals surface area contributed by atoms with E-state index in [9.17, 15) is 5.11 Å². The predicted octanol–water partition coefficient (Wildman–Crippen LogP) is 0.679. The molecule has 82 valence electrons. The molecule has 1 aliphatic rings. The summed E-state index contributed by atoms with van der Waals surface area (Å²) >= 11 is 0. The summed E-state index contributed by atoms with van der Waals surface area (Å²) in [4.78, 5) is 10.7. The van der Waals surface area contributed by atoms with Crippen molar-refractivity contribution in [1.82, 2.24) is 14.9 Å². The third-order valence-electron chi connectivity index (χ3n) is 2.93. The van der Waals surface area contributed by atoms with Crippen LogP contribution in [-0.2, 0) is 6.54 Å². The molecule has 15 heavy (non-hydrogen) atoms. The van der Waals surface area contributed by atoms with Crippen molar-refractivity contribution >= 4 is 0 Å². The number of rotatable bonds is 2. The molecule has 0 aromatic carbocycles. The van der Waals surface area contributed by atoms with Crippen LogP contribution < -0.4 is 0 Å². The fourth-order valence-corrected chi connectivity index (χ4v) is 1.97. The summed E-state index contributed by atoms with van der Waals surface area (Å²) in [6.45, 7) is 4.74. The van der Waals surface area contributed by atoms with E-state index in [4.69, 9.17) is 0 Å². The molecule has 2 unspecified atom stereocenters. The zero-order valence-electron chi connectivity index (χ0n) is 9.00. The van der Waals surface area contributed by atoms with Gasteiger partial charge in [-0.25, -0.2) is 9.97 Å². The Morgan fingerprint density at radius 1 is 1.47 bits per heavy atom. The summed E-state index contributed by atoms with van der Waals surface area (Å²) in [7, 11) is 0. The fourth-order valence-electron chi connectivity index (χ4n) is 1.97. The van der Waals surface area contributed by atoms with E-state index in [1.54, 1.807) is 12.4 Å². The average molecular weight is 207 g/mol. The van der Waals surface area contributed by atoms with Gasteiger partial charge >= 0.3 is 0 Å². The highest BCUT2D eigenvalue weighted by Crippen LogP contribution is 2.17. The number of hydrogen-bond acceptors (Lipinski definition) is 4. The lowest BCUT2D eigenvalue weighted by molar-refractivity contribution is 0.0310. The fraction of sp³-hybridized carbons (Fsp3) is 0.636. The van der Waals surface area contributed by atoms with Crippen LogP contribution in [0.2, 0.25) is 0 Å². The third kappa shape index (κ3) is 2.73. The van der Waals surface area contributed by atoms with Crippen LogP contribution in [0.15, 0.2) is 18.5 Å². The molecule has 1 aromatic rings. The van der Waals surface area contributed by atoms with E-state index in [2.05, 4.69) is 21.8 Å². The minimum Gasteiger partial charge on any atom is -0.393 e. The number of aromatic nitrogens is 2. The lowest BCUT2D eigenvalue weighted by Crippen LogP contribution is -2.41. The van der Waals surface area contributed by atoms with Gasteiger partial charge in [0.05, 0.1) is 12.6 Å². The third-order valence-corrected chi connectivity index (χ3v) is 2.93. The second-order valence-corrected chi connectivity index (χ2v) is 4.23. The number of likely N-dealkylation sites (tertiary alicyclic amines) is 1. The van der Waals surface area contributed by atoms with Crippen LogP contribution in [0.5, 0.6) is 0 Å². The molecule has 1 aliphatic heterocycles. The molecule has 1 aromatic heterocycles. The number of aliphatic hydroxyl groups excluding tert-OH is 1. The summed E-state index contributed by atoms with van der Waals surface area (Å²) < 4.78 is 0. The van der Waals surface area contributed by atoms with Gasteiger partial charge in [-0.05, 0) is 18.4 Å². The molecule has 0 radical (unpaired) electrons. The first kappa shape index (κ1) is 10.5. The smallest absolute Gasteiger partial charge is 0.142 e. The SMILES string of the molecule is CC1CN(Cc2ncccn2)CCC1O. The van der Waals surface area contributed by atoms with Gasteiger partial charge < -0.3 is 5.11 Å². The van der Waals surface area contributed by atoms with Crippen LogP contribution in [0.4, 0.5) is 0 Å². The Labute approximate surface area is 90.0 Å². The Hall–Kier alpha value is -1.00. The van der Waals surface area contributed by atoms with E-state index < -0.39 is 0 Å². The molecule has 2 rings (SSSR count). The summed E-state index contributed by atoms with van der Waals surface area (Å²) in [6.07, 6.45) is 4.25. The van der Waals surface area contributed by atoms with Crippen molar-refractivity contribution in [2.45, 2.75) is 26.0 Å². The zero-order chi connectivity index (χ0) is 10.7. The van der Waals surface area contributed by atoms with E-state index in [-0.39, 0.29) is 6.10 Å². The predicted molar refractivity (Wildman–Crippen MR) is 57.1 cm³/mol. The molecule has 4 nitrogen and oxygen atoms in total.